The number of hydrogen-bond acceptors (Lipinski definition) is 4. The van der Waals surface area contributed by atoms with Crippen LogP contribution in [-0.4, -0.2) is 22.9 Å². The molecule has 0 fully saturated rings. The average molecular weight is 163 g/mol. The fraction of sp³-hybridized carbons (Fsp3) is 0. The van der Waals surface area contributed by atoms with E-state index in [1.54, 1.807) is 0 Å². The van der Waals surface area contributed by atoms with Crippen LogP contribution in [0.3, 0.4) is 0 Å². The summed E-state index contributed by atoms with van der Waals surface area (Å²) in [7, 11) is 0. The third kappa shape index (κ3) is 17.7. The zero-order valence-corrected chi connectivity index (χ0v) is 7.76. The maximum absolute atomic E-state index is 8.93. The van der Waals surface area contributed by atoms with Crippen molar-refractivity contribution in [1.82, 2.24) is 0 Å². The Bertz CT molecular complexity index is 77.1. The molecular weight excluding hydrogens is 159 g/mol. The minimum atomic E-state index is -2.19. The number of carboxylic acids is 2. The van der Waals surface area contributed by atoms with Gasteiger partial charge in [-0.25, -0.2) is 0 Å². The summed E-state index contributed by atoms with van der Waals surface area (Å²) in [5.41, 5.74) is 0. The smallest absolute Gasteiger partial charge is 0.543 e. The molecule has 0 atom stereocenters. The summed E-state index contributed by atoms with van der Waals surface area (Å²) >= 11 is 0. The van der Waals surface area contributed by atoms with Crippen molar-refractivity contribution in [1.29, 1.82) is 0 Å². The maximum atomic E-state index is 8.93. The third-order valence-electron chi connectivity index (χ3n) is 0.167. The van der Waals surface area contributed by atoms with E-state index in [4.69, 9.17) is 19.8 Å². The first kappa shape index (κ1) is 22.7. The molecule has 0 aliphatic carbocycles. The molecule has 0 unspecified atom stereocenters. The third-order valence-corrected chi connectivity index (χ3v) is 0.167. The van der Waals surface area contributed by atoms with Gasteiger partial charge in [0.15, 0.2) is 0 Å². The molecule has 0 amide bonds. The van der Waals surface area contributed by atoms with Crippen molar-refractivity contribution in [3.05, 3.63) is 0 Å². The fourth-order valence-electron chi connectivity index (χ4n) is 0. The Morgan fingerprint density at radius 1 is 0.889 bits per heavy atom. The van der Waals surface area contributed by atoms with Crippen LogP contribution in [0.25, 0.3) is 0 Å². The second-order valence-electron chi connectivity index (χ2n) is 0.575. The molecule has 0 aromatic rings. The van der Waals surface area contributed by atoms with E-state index in [9.17, 15) is 0 Å². The van der Waals surface area contributed by atoms with Crippen LogP contribution in [0.1, 0.15) is 0 Å². The molecule has 0 aliphatic rings. The molecule has 0 heterocycles. The Balaban J connectivity index is -0.0000000417. The van der Waals surface area contributed by atoms with Crippen molar-refractivity contribution in [2.45, 2.75) is 0 Å². The second-order valence-corrected chi connectivity index (χ2v) is 0.575. The van der Waals surface area contributed by atoms with E-state index >= 15 is 0 Å². The first-order valence-corrected chi connectivity index (χ1v) is 1.07. The van der Waals surface area contributed by atoms with Gasteiger partial charge >= 0.3 is 51.4 Å². The zero-order valence-electron chi connectivity index (χ0n) is 4.63. The summed E-state index contributed by atoms with van der Waals surface area (Å²) in [4.78, 5) is 17.9. The fourth-order valence-corrected chi connectivity index (χ4v) is 0. The average Bonchev–Trinajstić information content (AvgIpc) is 1.36. The van der Waals surface area contributed by atoms with Crippen LogP contribution in [0.15, 0.2) is 0 Å². The van der Waals surface area contributed by atoms with Crippen molar-refractivity contribution < 1.29 is 82.1 Å². The number of rotatable bonds is 0. The standard InChI is InChI=1S/C2H2O4.K.2H2O/c3-1(4)2(5)6;;;/h(H,3,4)(H,5,6);;2*1H2/q;+1;;/p-2. The Kier molecular flexibility index (Phi) is 28.5. The predicted molar refractivity (Wildman–Crippen MR) is 17.2 cm³/mol. The van der Waals surface area contributed by atoms with Crippen molar-refractivity contribution in [3.8, 4) is 0 Å². The monoisotopic (exact) mass is 163 g/mol. The van der Waals surface area contributed by atoms with E-state index in [0.29, 0.717) is 0 Å². The molecule has 0 aliphatic heterocycles. The molecule has 4 N–H and O–H groups in total. The molecule has 0 saturated heterocycles. The van der Waals surface area contributed by atoms with Crippen LogP contribution in [0.4, 0.5) is 0 Å². The number of hydrogen-bond donors (Lipinski definition) is 0. The van der Waals surface area contributed by atoms with Crippen LogP contribution in [0.5, 0.6) is 0 Å². The van der Waals surface area contributed by atoms with Crippen LogP contribution in [0.2, 0.25) is 0 Å². The van der Waals surface area contributed by atoms with E-state index < -0.39 is 11.9 Å². The van der Waals surface area contributed by atoms with Gasteiger partial charge in [-0.1, -0.05) is 0 Å². The van der Waals surface area contributed by atoms with Gasteiger partial charge in [0.1, 0.15) is 0 Å². The van der Waals surface area contributed by atoms with Gasteiger partial charge < -0.3 is 30.8 Å². The molecule has 0 rings (SSSR count). The van der Waals surface area contributed by atoms with Gasteiger partial charge in [-0.2, -0.15) is 0 Å². The molecule has 50 valence electrons. The van der Waals surface area contributed by atoms with E-state index in [2.05, 4.69) is 0 Å². The van der Waals surface area contributed by atoms with Gasteiger partial charge in [0.25, 0.3) is 0 Å². The second kappa shape index (κ2) is 11.3. The van der Waals surface area contributed by atoms with Gasteiger partial charge in [0.05, 0.1) is 11.9 Å². The van der Waals surface area contributed by atoms with E-state index in [0.717, 1.165) is 0 Å². The molecule has 0 spiro atoms. The van der Waals surface area contributed by atoms with Crippen molar-refractivity contribution in [2.24, 2.45) is 0 Å². The number of carboxylic acid groups (broad SMARTS) is 2. The number of carbonyl (C=O) groups excluding carboxylic acids is 2. The summed E-state index contributed by atoms with van der Waals surface area (Å²) < 4.78 is 0. The van der Waals surface area contributed by atoms with Gasteiger partial charge in [-0.05, 0) is 0 Å². The molecule has 0 aromatic carbocycles. The SMILES string of the molecule is O.O.O=C([O-])C(=O)[O-].[K+]. The van der Waals surface area contributed by atoms with E-state index in [-0.39, 0.29) is 62.3 Å². The van der Waals surface area contributed by atoms with Gasteiger partial charge in [0, 0.05) is 0 Å². The minimum absolute atomic E-state index is 0. The largest absolute Gasteiger partial charge is 1.00 e. The van der Waals surface area contributed by atoms with Crippen LogP contribution in [-0.2, 0) is 9.59 Å². The maximum Gasteiger partial charge on any atom is 1.00 e. The summed E-state index contributed by atoms with van der Waals surface area (Å²) in [6.07, 6.45) is 0. The minimum Gasteiger partial charge on any atom is -0.543 e. The Labute approximate surface area is 92.9 Å². The Hall–Kier alpha value is 0.496. The Morgan fingerprint density at radius 3 is 1.00 bits per heavy atom. The molecular formula is C2H4KO6-. The molecule has 7 heteroatoms. The molecule has 0 aromatic heterocycles. The zero-order chi connectivity index (χ0) is 5.15. The number of aliphatic carboxylic acids is 2. The molecule has 6 nitrogen and oxygen atoms in total. The topological polar surface area (TPSA) is 143 Å². The van der Waals surface area contributed by atoms with Crippen LogP contribution >= 0.6 is 0 Å². The summed E-state index contributed by atoms with van der Waals surface area (Å²) in [5.74, 6) is -4.37. The first-order chi connectivity index (χ1) is 2.64. The van der Waals surface area contributed by atoms with Crippen molar-refractivity contribution >= 4 is 11.9 Å². The quantitative estimate of drug-likeness (QED) is 0.258. The van der Waals surface area contributed by atoms with Gasteiger partial charge in [-0.15, -0.1) is 0 Å². The summed E-state index contributed by atoms with van der Waals surface area (Å²) in [5, 5.41) is 17.9. The van der Waals surface area contributed by atoms with E-state index in [1.807, 2.05) is 0 Å². The predicted octanol–water partition coefficient (Wildman–Crippen LogP) is -8.16. The van der Waals surface area contributed by atoms with Crippen LogP contribution < -0.4 is 61.6 Å². The van der Waals surface area contributed by atoms with Crippen molar-refractivity contribution in [2.75, 3.05) is 0 Å². The Morgan fingerprint density at radius 2 is 1.00 bits per heavy atom. The summed E-state index contributed by atoms with van der Waals surface area (Å²) in [6, 6.07) is 0. The summed E-state index contributed by atoms with van der Waals surface area (Å²) in [6.45, 7) is 0. The van der Waals surface area contributed by atoms with E-state index in [1.165, 1.54) is 0 Å². The normalized spacial score (nSPS) is 4.89. The molecule has 9 heavy (non-hydrogen) atoms. The van der Waals surface area contributed by atoms with Crippen LogP contribution in [0, 0.1) is 0 Å². The van der Waals surface area contributed by atoms with Gasteiger partial charge in [0.2, 0.25) is 0 Å². The first-order valence-electron chi connectivity index (χ1n) is 1.07. The van der Waals surface area contributed by atoms with Crippen molar-refractivity contribution in [3.63, 3.8) is 0 Å². The van der Waals surface area contributed by atoms with Gasteiger partial charge in [-0.3, -0.25) is 0 Å². The molecule has 0 bridgehead atoms. The molecule has 0 radical (unpaired) electrons. The number of carbonyl (C=O) groups is 2. The molecule has 0 saturated carbocycles.